The predicted molar refractivity (Wildman–Crippen MR) is 294 cm³/mol. The number of hydrogen-bond acceptors (Lipinski definition) is 9. The zero-order valence-corrected chi connectivity index (χ0v) is 44.9. The molecular weight excluding hydrogens is 1130 g/mol. The number of nitrogens with two attached hydrogens (primary N) is 3. The van der Waals surface area contributed by atoms with Crippen molar-refractivity contribution in [2.45, 2.75) is 60.3 Å². The lowest BCUT2D eigenvalue weighted by Gasteiger charge is -2.20. The summed E-state index contributed by atoms with van der Waals surface area (Å²) in [4.78, 5) is 34.2. The molecule has 0 radical (unpaired) electrons. The fourth-order valence-electron chi connectivity index (χ4n) is 9.64. The molecule has 0 aliphatic heterocycles. The monoisotopic (exact) mass is 1180 g/mol. The van der Waals surface area contributed by atoms with E-state index in [0.29, 0.717) is 62.1 Å². The van der Waals surface area contributed by atoms with Gasteiger partial charge in [0.05, 0.1) is 23.9 Å². The highest BCUT2D eigenvalue weighted by Crippen LogP contribution is 2.36. The van der Waals surface area contributed by atoms with Gasteiger partial charge in [0.2, 0.25) is 20.0 Å². The van der Waals surface area contributed by atoms with E-state index in [-0.39, 0.29) is 54.8 Å². The number of nitrogens with one attached hydrogen (secondary N) is 1. The number of Topliss-reactive ketones (excluding diaryl/α,β-unsaturated/α-hetero) is 1. The van der Waals surface area contributed by atoms with Crippen molar-refractivity contribution in [1.29, 1.82) is 0 Å². The van der Waals surface area contributed by atoms with Crippen LogP contribution >= 0.6 is 0 Å². The minimum absolute atomic E-state index is 0.0101. The number of carbonyl (C=O) groups is 2. The molecule has 0 saturated carbocycles. The van der Waals surface area contributed by atoms with Gasteiger partial charge in [-0.05, 0) is 155 Å². The number of carbonyl (C=O) groups excluding carboxylic acids is 1. The van der Waals surface area contributed by atoms with Crippen LogP contribution < -0.4 is 16.0 Å². The quantitative estimate of drug-likeness (QED) is 0.0573. The summed E-state index contributed by atoms with van der Waals surface area (Å²) in [6.45, 7) is 0. The molecule has 428 valence electrons. The number of sulfonamides is 2. The molecule has 2 atom stereocenters. The Hall–Kier alpha value is -8.74. The van der Waals surface area contributed by atoms with Crippen LogP contribution in [0, 0.1) is 46.5 Å². The summed E-state index contributed by atoms with van der Waals surface area (Å²) in [6.07, 6.45) is 7.02. The summed E-state index contributed by atoms with van der Waals surface area (Å²) in [7, 11) is -8.65. The minimum atomic E-state index is -4.39. The Bertz CT molecular complexity index is 4180. The third-order valence-corrected chi connectivity index (χ3v) is 15.1. The Morgan fingerprint density at radius 3 is 1.65 bits per heavy atom. The summed E-state index contributed by atoms with van der Waals surface area (Å²) < 4.78 is 157. The molecule has 1 aliphatic carbocycles. The predicted octanol–water partition coefficient (Wildman–Crippen LogP) is 11.3. The van der Waals surface area contributed by atoms with Crippen molar-refractivity contribution >= 4 is 48.3 Å². The van der Waals surface area contributed by atoms with Crippen molar-refractivity contribution in [3.63, 3.8) is 0 Å². The van der Waals surface area contributed by atoms with Gasteiger partial charge in [0.25, 0.3) is 0 Å². The number of primary sulfonamides is 2. The van der Waals surface area contributed by atoms with Gasteiger partial charge >= 0.3 is 5.97 Å². The number of aliphatic carboxylic acids is 1. The SMILES string of the molecule is NS(=O)(=O)c1cc(-c2cccnc2[C@@H](CC(=O)Cc2c[nH]c3ccc(F)cc23)Cc2cc(F)cc(F)c2)ccc1F.N[C@@H](Cc1cc(F)cc(F)c1)c1ncccc1-c1ccc(F)c(S(N)(=O)=O)c1.O=C(O)CC1=CCc2ccc(F)cc21. The summed E-state index contributed by atoms with van der Waals surface area (Å²) in [5.41, 5.74) is 12.7. The lowest BCUT2D eigenvalue weighted by molar-refractivity contribution is -0.135. The number of nitrogens with zero attached hydrogens (tertiary/aromatic N) is 2. The van der Waals surface area contributed by atoms with E-state index in [2.05, 4.69) is 15.0 Å². The Morgan fingerprint density at radius 2 is 1.10 bits per heavy atom. The van der Waals surface area contributed by atoms with E-state index in [0.717, 1.165) is 59.7 Å². The number of pyridine rings is 2. The molecule has 0 amide bonds. The fraction of sp³-hybridized carbons (Fsp3) is 0.133. The molecule has 6 aromatic carbocycles. The number of halogens is 8. The highest BCUT2D eigenvalue weighted by atomic mass is 32.2. The van der Waals surface area contributed by atoms with Crippen LogP contribution in [0.15, 0.2) is 168 Å². The number of rotatable bonds is 16. The maximum absolute atomic E-state index is 14.3. The number of hydrogen-bond donors (Lipinski definition) is 5. The van der Waals surface area contributed by atoms with E-state index in [1.807, 2.05) is 6.08 Å². The van der Waals surface area contributed by atoms with E-state index >= 15 is 0 Å². The molecule has 3 aromatic heterocycles. The van der Waals surface area contributed by atoms with Crippen molar-refractivity contribution in [2.24, 2.45) is 16.0 Å². The van der Waals surface area contributed by atoms with Crippen molar-refractivity contribution in [2.75, 3.05) is 0 Å². The third kappa shape index (κ3) is 15.4. The molecule has 0 unspecified atom stereocenters. The number of allylic oxidation sites excluding steroid dienone is 1. The number of ketones is 1. The molecular formula is C60H48F8N6O7S2. The summed E-state index contributed by atoms with van der Waals surface area (Å²) in [5.74, 6) is -7.65. The molecule has 1 aliphatic rings. The van der Waals surface area contributed by atoms with Crippen molar-refractivity contribution < 1.29 is 66.7 Å². The van der Waals surface area contributed by atoms with E-state index in [1.54, 1.807) is 42.6 Å². The molecule has 0 saturated heterocycles. The first kappa shape index (κ1) is 60.4. The first-order chi connectivity index (χ1) is 39.3. The van der Waals surface area contributed by atoms with Gasteiger partial charge < -0.3 is 15.8 Å². The zero-order chi connectivity index (χ0) is 59.9. The van der Waals surface area contributed by atoms with Crippen LogP contribution in [-0.4, -0.2) is 48.6 Å². The second-order valence-electron chi connectivity index (χ2n) is 19.2. The van der Waals surface area contributed by atoms with Gasteiger partial charge in [-0.15, -0.1) is 0 Å². The maximum atomic E-state index is 14.3. The van der Waals surface area contributed by atoms with Crippen LogP contribution in [0.3, 0.4) is 0 Å². The summed E-state index contributed by atoms with van der Waals surface area (Å²) in [5, 5.41) is 19.4. The van der Waals surface area contributed by atoms with Crippen LogP contribution in [0.2, 0.25) is 0 Å². The number of fused-ring (bicyclic) bond motifs is 2. The standard InChI is InChI=1S/C30H23F4N3O3S.C19H16F3N3O2S.C11H9FO2/c31-21-4-6-28-26(15-21)20(16-37-28)12-24(38)11-19(8-17-9-22(32)14-23(33)10-17)30-25(2-1-7-36-30)18-3-5-27(34)29(13-18)41(35,39)40;20-13-6-11(7-14(21)10-13)8-17(23)19-15(2-1-5-25-19)12-3-4-16(22)18(9-12)28(24,26)27;12-9-4-3-7-1-2-8(5-11(13)14)10(7)6-9/h1-7,9-10,13-16,19,37H,8,11-12H2,(H2,35,39,40);1-7,9-10,17H,8,23H2,(H2,24,26,27);2-4,6H,1,5H2,(H,13,14)/t19-;17-;/m10./s1. The normalized spacial score (nSPS) is 12.8. The first-order valence-electron chi connectivity index (χ1n) is 25.0. The van der Waals surface area contributed by atoms with E-state index in [9.17, 15) is 61.5 Å². The van der Waals surface area contributed by atoms with Crippen molar-refractivity contribution in [1.82, 2.24) is 15.0 Å². The average Bonchev–Trinajstić information content (AvgIpc) is 4.07. The Kier molecular flexibility index (Phi) is 18.6. The van der Waals surface area contributed by atoms with Crippen molar-refractivity contribution in [3.05, 3.63) is 244 Å². The molecule has 0 bridgehead atoms. The molecule has 0 spiro atoms. The van der Waals surface area contributed by atoms with Gasteiger partial charge in [-0.25, -0.2) is 62.2 Å². The van der Waals surface area contributed by atoms with Crippen LogP contribution in [0.25, 0.3) is 38.7 Å². The molecule has 0 fully saturated rings. The van der Waals surface area contributed by atoms with Crippen LogP contribution in [0.4, 0.5) is 35.1 Å². The average molecular weight is 1180 g/mol. The second kappa shape index (κ2) is 25.6. The number of carboxylic acids is 1. The first-order valence-corrected chi connectivity index (χ1v) is 28.1. The minimum Gasteiger partial charge on any atom is -0.481 e. The molecule has 23 heteroatoms. The van der Waals surface area contributed by atoms with E-state index < -0.39 is 88.5 Å². The zero-order valence-electron chi connectivity index (χ0n) is 43.3. The van der Waals surface area contributed by atoms with Gasteiger partial charge in [0, 0.05) is 71.5 Å². The Balaban J connectivity index is 0.000000183. The third-order valence-electron chi connectivity index (χ3n) is 13.2. The molecule has 3 heterocycles. The number of benzene rings is 6. The molecule has 9 aromatic rings. The van der Waals surface area contributed by atoms with Crippen LogP contribution in [0.5, 0.6) is 0 Å². The lowest BCUT2D eigenvalue weighted by Crippen LogP contribution is -2.17. The van der Waals surface area contributed by atoms with Gasteiger partial charge in [0.1, 0.15) is 62.1 Å². The number of aromatic amines is 1. The van der Waals surface area contributed by atoms with Gasteiger partial charge in [-0.1, -0.05) is 36.4 Å². The Morgan fingerprint density at radius 1 is 0.578 bits per heavy atom. The van der Waals surface area contributed by atoms with Gasteiger partial charge in [-0.3, -0.25) is 19.6 Å². The van der Waals surface area contributed by atoms with Gasteiger partial charge in [0.15, 0.2) is 0 Å². The number of carboxylic acid groups (broad SMARTS) is 1. The van der Waals surface area contributed by atoms with Crippen molar-refractivity contribution in [3.8, 4) is 22.3 Å². The topological polar surface area (TPSA) is 242 Å². The van der Waals surface area contributed by atoms with Crippen LogP contribution in [0.1, 0.15) is 64.0 Å². The molecule has 13 nitrogen and oxygen atoms in total. The summed E-state index contributed by atoms with van der Waals surface area (Å²) >= 11 is 0. The maximum Gasteiger partial charge on any atom is 0.307 e. The van der Waals surface area contributed by atoms with Gasteiger partial charge in [-0.2, -0.15) is 0 Å². The summed E-state index contributed by atoms with van der Waals surface area (Å²) in [6, 6.07) is 27.4. The number of H-pyrrole nitrogens is 1. The van der Waals surface area contributed by atoms with E-state index in [4.69, 9.17) is 21.1 Å². The number of aromatic nitrogens is 3. The highest BCUT2D eigenvalue weighted by molar-refractivity contribution is 7.89. The molecule has 10 rings (SSSR count). The second-order valence-corrected chi connectivity index (χ2v) is 22.3. The largest absolute Gasteiger partial charge is 0.481 e. The molecule has 8 N–H and O–H groups in total. The van der Waals surface area contributed by atoms with E-state index in [1.165, 1.54) is 60.9 Å². The Labute approximate surface area is 470 Å². The highest BCUT2D eigenvalue weighted by Gasteiger charge is 2.26. The lowest BCUT2D eigenvalue weighted by atomic mass is 9.86. The van der Waals surface area contributed by atoms with Crippen LogP contribution in [-0.2, 0) is 55.3 Å². The smallest absolute Gasteiger partial charge is 0.307 e. The molecule has 83 heavy (non-hydrogen) atoms. The fourth-order valence-corrected chi connectivity index (χ4v) is 10.9.